The highest BCUT2D eigenvalue weighted by Crippen LogP contribution is 2.23. The summed E-state index contributed by atoms with van der Waals surface area (Å²) >= 11 is 5.85. The van der Waals surface area contributed by atoms with Crippen LogP contribution < -0.4 is 5.73 Å². The molecule has 74 valence electrons. The molecule has 0 aromatic heterocycles. The van der Waals surface area contributed by atoms with E-state index in [1.54, 1.807) is 6.07 Å². The molecular weight excluding hydrogens is 209 g/mol. The first-order valence-electron chi connectivity index (χ1n) is 3.88. The summed E-state index contributed by atoms with van der Waals surface area (Å²) in [6.07, 6.45) is 0.00713. The van der Waals surface area contributed by atoms with Gasteiger partial charge in [-0.15, -0.1) is 12.4 Å². The van der Waals surface area contributed by atoms with E-state index in [1.807, 2.05) is 18.2 Å². The molecule has 0 aliphatic heterocycles. The maximum absolute atomic E-state index is 9.54. The normalized spacial score (nSPS) is 11.9. The molecule has 1 rings (SSSR count). The molecule has 1 aromatic rings. The first-order valence-corrected chi connectivity index (χ1v) is 4.26. The molecule has 1 atom stereocenters. The number of hydrogen-bond acceptors (Lipinski definition) is 2. The predicted octanol–water partition coefficient (Wildman–Crippen LogP) is 2.14. The van der Waals surface area contributed by atoms with Crippen molar-refractivity contribution < 1.29 is 5.11 Å². The van der Waals surface area contributed by atoms with Gasteiger partial charge in [0.1, 0.15) is 0 Å². The molecule has 0 bridgehead atoms. The van der Waals surface area contributed by atoms with E-state index in [-0.39, 0.29) is 12.4 Å². The molecule has 0 spiro atoms. The van der Waals surface area contributed by atoms with E-state index in [0.717, 1.165) is 5.56 Å². The second kappa shape index (κ2) is 6.22. The quantitative estimate of drug-likeness (QED) is 0.822. The third kappa shape index (κ3) is 3.53. The van der Waals surface area contributed by atoms with Gasteiger partial charge in [-0.3, -0.25) is 0 Å². The van der Waals surface area contributed by atoms with Crippen LogP contribution in [0, 0.1) is 0 Å². The Kier molecular flexibility index (Phi) is 6.08. The van der Waals surface area contributed by atoms with E-state index in [0.29, 0.717) is 18.0 Å². The Morgan fingerprint density at radius 1 is 1.38 bits per heavy atom. The smallest absolute Gasteiger partial charge is 0.0816 e. The minimum Gasteiger partial charge on any atom is -0.388 e. The van der Waals surface area contributed by atoms with Crippen molar-refractivity contribution in [2.24, 2.45) is 5.73 Å². The molecule has 13 heavy (non-hydrogen) atoms. The van der Waals surface area contributed by atoms with Gasteiger partial charge < -0.3 is 10.8 Å². The molecule has 3 N–H and O–H groups in total. The van der Waals surface area contributed by atoms with E-state index in [2.05, 4.69) is 0 Å². The van der Waals surface area contributed by atoms with Gasteiger partial charge in [-0.25, -0.2) is 0 Å². The number of hydrogen-bond donors (Lipinski definition) is 2. The number of nitrogens with two attached hydrogens (primary N) is 1. The van der Waals surface area contributed by atoms with Gasteiger partial charge in [0.15, 0.2) is 0 Å². The van der Waals surface area contributed by atoms with Crippen LogP contribution in [0.5, 0.6) is 0 Å². The summed E-state index contributed by atoms with van der Waals surface area (Å²) in [5.41, 5.74) is 6.07. The highest BCUT2D eigenvalue weighted by Gasteiger charge is 2.08. The lowest BCUT2D eigenvalue weighted by atomic mass is 10.1. The molecule has 0 aliphatic rings. The number of aliphatic hydroxyl groups is 1. The fourth-order valence-corrected chi connectivity index (χ4v) is 1.32. The van der Waals surface area contributed by atoms with Crippen LogP contribution in [0.15, 0.2) is 24.3 Å². The molecule has 0 saturated heterocycles. The van der Waals surface area contributed by atoms with Gasteiger partial charge in [0.2, 0.25) is 0 Å². The molecule has 4 heteroatoms. The summed E-state index contributed by atoms with van der Waals surface area (Å²) < 4.78 is 0. The number of benzene rings is 1. The van der Waals surface area contributed by atoms with Crippen LogP contribution in [-0.2, 0) is 0 Å². The summed E-state index contributed by atoms with van der Waals surface area (Å²) in [5, 5.41) is 10.1. The van der Waals surface area contributed by atoms with Crippen molar-refractivity contribution in [2.75, 3.05) is 6.54 Å². The van der Waals surface area contributed by atoms with Crippen molar-refractivity contribution in [2.45, 2.75) is 12.5 Å². The topological polar surface area (TPSA) is 46.2 Å². The highest BCUT2D eigenvalue weighted by molar-refractivity contribution is 6.31. The van der Waals surface area contributed by atoms with E-state index in [1.165, 1.54) is 0 Å². The average molecular weight is 222 g/mol. The second-order valence-corrected chi connectivity index (χ2v) is 3.02. The van der Waals surface area contributed by atoms with Crippen LogP contribution in [0.2, 0.25) is 5.02 Å². The lowest BCUT2D eigenvalue weighted by Gasteiger charge is -2.10. The van der Waals surface area contributed by atoms with Gasteiger partial charge in [-0.1, -0.05) is 29.8 Å². The molecule has 0 amide bonds. The lowest BCUT2D eigenvalue weighted by molar-refractivity contribution is 0.170. The van der Waals surface area contributed by atoms with Gasteiger partial charge in [-0.05, 0) is 24.6 Å². The molecule has 0 heterocycles. The molecule has 0 fully saturated rings. The third-order valence-electron chi connectivity index (χ3n) is 1.70. The molecular formula is C9H13Cl2NO. The Morgan fingerprint density at radius 2 is 2.00 bits per heavy atom. The van der Waals surface area contributed by atoms with Crippen LogP contribution in [-0.4, -0.2) is 11.7 Å². The fraction of sp³-hybridized carbons (Fsp3) is 0.333. The van der Waals surface area contributed by atoms with Crippen molar-refractivity contribution in [1.82, 2.24) is 0 Å². The average Bonchev–Trinajstić information content (AvgIpc) is 2.05. The number of halogens is 2. The van der Waals surface area contributed by atoms with Gasteiger partial charge in [0, 0.05) is 5.02 Å². The highest BCUT2D eigenvalue weighted by atomic mass is 35.5. The Balaban J connectivity index is 0.00000144. The predicted molar refractivity (Wildman–Crippen MR) is 57.3 cm³/mol. The molecule has 0 radical (unpaired) electrons. The number of rotatable bonds is 3. The minimum atomic E-state index is -0.538. The third-order valence-corrected chi connectivity index (χ3v) is 2.05. The molecule has 1 aromatic carbocycles. The van der Waals surface area contributed by atoms with Crippen molar-refractivity contribution in [1.29, 1.82) is 0 Å². The standard InChI is InChI=1S/C9H12ClNO.ClH/c10-8-4-2-1-3-7(8)9(12)5-6-11;/h1-4,9,12H,5-6,11H2;1H. The van der Waals surface area contributed by atoms with Crippen molar-refractivity contribution in [3.8, 4) is 0 Å². The minimum absolute atomic E-state index is 0. The van der Waals surface area contributed by atoms with Crippen molar-refractivity contribution >= 4 is 24.0 Å². The first kappa shape index (κ1) is 12.7. The van der Waals surface area contributed by atoms with E-state index < -0.39 is 6.10 Å². The van der Waals surface area contributed by atoms with E-state index in [9.17, 15) is 5.11 Å². The molecule has 1 unspecified atom stereocenters. The molecule has 0 aliphatic carbocycles. The van der Waals surface area contributed by atoms with Gasteiger partial charge in [-0.2, -0.15) is 0 Å². The Hall–Kier alpha value is -0.280. The lowest BCUT2D eigenvalue weighted by Crippen LogP contribution is -2.06. The zero-order valence-electron chi connectivity index (χ0n) is 7.11. The van der Waals surface area contributed by atoms with Crippen LogP contribution in [0.4, 0.5) is 0 Å². The summed E-state index contributed by atoms with van der Waals surface area (Å²) in [6.45, 7) is 0.465. The first-order chi connectivity index (χ1) is 5.75. The van der Waals surface area contributed by atoms with Gasteiger partial charge >= 0.3 is 0 Å². The van der Waals surface area contributed by atoms with Crippen LogP contribution in [0.25, 0.3) is 0 Å². The summed E-state index contributed by atoms with van der Waals surface area (Å²) in [6, 6.07) is 7.25. The zero-order chi connectivity index (χ0) is 8.97. The largest absolute Gasteiger partial charge is 0.388 e. The van der Waals surface area contributed by atoms with Crippen molar-refractivity contribution in [3.63, 3.8) is 0 Å². The summed E-state index contributed by atoms with van der Waals surface area (Å²) in [4.78, 5) is 0. The van der Waals surface area contributed by atoms with Gasteiger partial charge in [0.05, 0.1) is 6.10 Å². The van der Waals surface area contributed by atoms with E-state index >= 15 is 0 Å². The van der Waals surface area contributed by atoms with E-state index in [4.69, 9.17) is 17.3 Å². The summed E-state index contributed by atoms with van der Waals surface area (Å²) in [5.74, 6) is 0. The van der Waals surface area contributed by atoms with Crippen molar-refractivity contribution in [3.05, 3.63) is 34.9 Å². The molecule has 2 nitrogen and oxygen atoms in total. The fourth-order valence-electron chi connectivity index (χ4n) is 1.06. The second-order valence-electron chi connectivity index (χ2n) is 2.61. The van der Waals surface area contributed by atoms with Crippen LogP contribution in [0.3, 0.4) is 0 Å². The van der Waals surface area contributed by atoms with Crippen LogP contribution >= 0.6 is 24.0 Å². The Morgan fingerprint density at radius 3 is 2.54 bits per heavy atom. The summed E-state index contributed by atoms with van der Waals surface area (Å²) in [7, 11) is 0. The van der Waals surface area contributed by atoms with Crippen LogP contribution in [0.1, 0.15) is 18.1 Å². The zero-order valence-corrected chi connectivity index (χ0v) is 8.68. The maximum atomic E-state index is 9.54. The number of aliphatic hydroxyl groups excluding tert-OH is 1. The SMILES string of the molecule is Cl.NCCC(O)c1ccccc1Cl. The Labute approximate surface area is 89.1 Å². The Bertz CT molecular complexity index is 255. The monoisotopic (exact) mass is 221 g/mol. The van der Waals surface area contributed by atoms with Gasteiger partial charge in [0.25, 0.3) is 0 Å². The molecule has 0 saturated carbocycles. The maximum Gasteiger partial charge on any atom is 0.0816 e.